The molecule has 0 saturated carbocycles. The summed E-state index contributed by atoms with van der Waals surface area (Å²) in [5.74, 6) is 0.869. The predicted octanol–water partition coefficient (Wildman–Crippen LogP) is 5.71. The number of anilines is 2. The number of aryl methyl sites for hydroxylation is 6. The van der Waals surface area contributed by atoms with E-state index in [9.17, 15) is 14.7 Å². The summed E-state index contributed by atoms with van der Waals surface area (Å²) in [5, 5.41) is 25.4. The molecule has 2 atom stereocenters. The van der Waals surface area contributed by atoms with E-state index in [1.807, 2.05) is 32.0 Å². The smallest absolute Gasteiger partial charge is 0.341 e. The molecule has 4 aromatic rings. The normalized spacial score (nSPS) is 16.3. The monoisotopic (exact) mass is 668 g/mol. The summed E-state index contributed by atoms with van der Waals surface area (Å²) in [6.07, 6.45) is 5.54. The van der Waals surface area contributed by atoms with Gasteiger partial charge in [0.2, 0.25) is 11.9 Å². The van der Waals surface area contributed by atoms with Crippen molar-refractivity contribution in [2.45, 2.75) is 85.2 Å². The number of carbonyl (C=O) groups is 2. The third-order valence-electron chi connectivity index (χ3n) is 8.96. The van der Waals surface area contributed by atoms with Gasteiger partial charge in [-0.3, -0.25) is 0 Å². The minimum atomic E-state index is -1.00. The van der Waals surface area contributed by atoms with Crippen molar-refractivity contribution in [2.24, 2.45) is 0 Å². The van der Waals surface area contributed by atoms with Gasteiger partial charge < -0.3 is 30.3 Å². The summed E-state index contributed by atoms with van der Waals surface area (Å²) in [5.41, 5.74) is 7.89. The lowest BCUT2D eigenvalue weighted by molar-refractivity contribution is 0.0523. The van der Waals surface area contributed by atoms with Crippen LogP contribution in [0.5, 0.6) is 11.5 Å². The predicted molar refractivity (Wildman–Crippen MR) is 186 cm³/mol. The number of aromatic carboxylic acids is 1. The molecule has 4 N–H and O–H groups in total. The van der Waals surface area contributed by atoms with E-state index in [2.05, 4.69) is 42.7 Å². The quantitative estimate of drug-likeness (QED) is 0.169. The average Bonchev–Trinajstić information content (AvgIpc) is 3.04. The van der Waals surface area contributed by atoms with Gasteiger partial charge in [-0.25, -0.2) is 29.5 Å². The molecule has 2 aliphatic carbocycles. The van der Waals surface area contributed by atoms with E-state index in [0.717, 1.165) is 44.3 Å². The van der Waals surface area contributed by atoms with Gasteiger partial charge in [-0.05, 0) is 120 Å². The molecular formula is C37H44N6O6. The number of aromatic hydroxyl groups is 1. The van der Waals surface area contributed by atoms with E-state index >= 15 is 0 Å². The lowest BCUT2D eigenvalue weighted by Crippen LogP contribution is -2.28. The first-order valence-corrected chi connectivity index (χ1v) is 16.6. The van der Waals surface area contributed by atoms with Crippen LogP contribution in [0.3, 0.4) is 0 Å². The number of carbonyl (C=O) groups excluding carboxylic acids is 1. The summed E-state index contributed by atoms with van der Waals surface area (Å²) >= 11 is 0. The van der Waals surface area contributed by atoms with Gasteiger partial charge in [0.05, 0.1) is 36.5 Å². The average molecular weight is 669 g/mol. The molecule has 0 aliphatic heterocycles. The van der Waals surface area contributed by atoms with Gasteiger partial charge in [-0.2, -0.15) is 0 Å². The van der Waals surface area contributed by atoms with Crippen molar-refractivity contribution in [1.29, 1.82) is 0 Å². The van der Waals surface area contributed by atoms with Crippen molar-refractivity contribution in [1.82, 2.24) is 19.9 Å². The van der Waals surface area contributed by atoms with Crippen LogP contribution in [0, 0.1) is 27.7 Å². The first kappa shape index (κ1) is 35.1. The van der Waals surface area contributed by atoms with Gasteiger partial charge in [0.25, 0.3) is 0 Å². The number of nitrogens with zero attached hydrogens (tertiary/aromatic N) is 4. The number of methoxy groups -OCH3 is 1. The maximum absolute atomic E-state index is 12.0. The molecule has 0 amide bonds. The third kappa shape index (κ3) is 8.43. The molecule has 12 nitrogen and oxygen atoms in total. The molecule has 2 aromatic heterocycles. The van der Waals surface area contributed by atoms with Gasteiger partial charge in [0.15, 0.2) is 0 Å². The van der Waals surface area contributed by atoms with Crippen molar-refractivity contribution < 1.29 is 29.3 Å². The lowest BCUT2D eigenvalue weighted by atomic mass is 9.88. The van der Waals surface area contributed by atoms with Crippen LogP contribution in [0.15, 0.2) is 36.4 Å². The Labute approximate surface area is 286 Å². The number of aromatic nitrogens is 4. The Morgan fingerprint density at radius 1 is 0.755 bits per heavy atom. The van der Waals surface area contributed by atoms with Crippen LogP contribution in [0.25, 0.3) is 0 Å². The first-order chi connectivity index (χ1) is 23.4. The van der Waals surface area contributed by atoms with Crippen LogP contribution < -0.4 is 15.4 Å². The molecule has 0 radical (unpaired) electrons. The molecule has 0 bridgehead atoms. The van der Waals surface area contributed by atoms with Crippen LogP contribution in [0.4, 0.5) is 11.9 Å². The van der Waals surface area contributed by atoms with Gasteiger partial charge in [0.1, 0.15) is 22.6 Å². The molecular weight excluding hydrogens is 624 g/mol. The molecule has 0 saturated heterocycles. The summed E-state index contributed by atoms with van der Waals surface area (Å²) in [4.78, 5) is 40.7. The number of phenols is 1. The van der Waals surface area contributed by atoms with Crippen LogP contribution in [-0.4, -0.2) is 67.9 Å². The third-order valence-corrected chi connectivity index (χ3v) is 8.96. The van der Waals surface area contributed by atoms with Gasteiger partial charge in [-0.1, -0.05) is 12.1 Å². The highest BCUT2D eigenvalue weighted by atomic mass is 16.5. The van der Waals surface area contributed by atoms with Gasteiger partial charge >= 0.3 is 11.9 Å². The standard InChI is InChI=1S/C20H25N3O3.C17H19N3O3/c1-5-26-19(24)18-12(2)21-20(22-13(18)3)23-16-8-6-15-11-17(25-4)9-7-14(15)10-16;1-9-15(16(22)23)10(2)19-17(18-9)20-13-5-3-12-8-14(21)6-4-11(12)7-13/h7,9,11,16H,5-6,8,10H2,1-4H3,(H,21,22,23);4,6,8,13,21H,3,5,7H2,1-2H3,(H,22,23)(H,18,19,20). The van der Waals surface area contributed by atoms with Crippen molar-refractivity contribution in [3.8, 4) is 11.5 Å². The number of hydrogen-bond acceptors (Lipinski definition) is 11. The van der Waals surface area contributed by atoms with Crippen LogP contribution in [-0.2, 0) is 30.4 Å². The van der Waals surface area contributed by atoms with E-state index in [0.29, 0.717) is 52.6 Å². The fourth-order valence-corrected chi connectivity index (χ4v) is 6.58. The minimum absolute atomic E-state index is 0.167. The molecule has 6 rings (SSSR count). The molecule has 12 heteroatoms. The summed E-state index contributed by atoms with van der Waals surface area (Å²) in [6, 6.07) is 12.2. The minimum Gasteiger partial charge on any atom is -0.508 e. The number of carboxylic acid groups (broad SMARTS) is 1. The Morgan fingerprint density at radius 2 is 1.24 bits per heavy atom. The van der Waals surface area contributed by atoms with Crippen molar-refractivity contribution >= 4 is 23.8 Å². The molecule has 2 heterocycles. The van der Waals surface area contributed by atoms with Crippen LogP contribution >= 0.6 is 0 Å². The zero-order valence-electron chi connectivity index (χ0n) is 28.9. The summed E-state index contributed by atoms with van der Waals surface area (Å²) in [7, 11) is 1.69. The maximum atomic E-state index is 12.0. The number of rotatable bonds is 8. The second-order valence-corrected chi connectivity index (χ2v) is 12.5. The zero-order valence-corrected chi connectivity index (χ0v) is 28.9. The molecule has 2 unspecified atom stereocenters. The largest absolute Gasteiger partial charge is 0.508 e. The second-order valence-electron chi connectivity index (χ2n) is 12.5. The molecule has 0 spiro atoms. The molecule has 2 aromatic carbocycles. The van der Waals surface area contributed by atoms with Crippen molar-refractivity contribution in [3.63, 3.8) is 0 Å². The Bertz CT molecular complexity index is 1820. The van der Waals surface area contributed by atoms with E-state index in [4.69, 9.17) is 14.6 Å². The van der Waals surface area contributed by atoms with E-state index in [1.165, 1.54) is 22.3 Å². The van der Waals surface area contributed by atoms with E-state index in [1.54, 1.807) is 33.9 Å². The number of phenolic OH excluding ortho intramolecular Hbond substituents is 1. The number of fused-ring (bicyclic) bond motifs is 2. The summed E-state index contributed by atoms with van der Waals surface area (Å²) < 4.78 is 10.4. The van der Waals surface area contributed by atoms with Crippen LogP contribution in [0.2, 0.25) is 0 Å². The zero-order chi connectivity index (χ0) is 35.2. The Kier molecular flexibility index (Phi) is 11.0. The molecule has 2 aliphatic rings. The maximum Gasteiger partial charge on any atom is 0.341 e. The summed E-state index contributed by atoms with van der Waals surface area (Å²) in [6.45, 7) is 9.12. The highest BCUT2D eigenvalue weighted by molar-refractivity contribution is 5.92. The van der Waals surface area contributed by atoms with E-state index < -0.39 is 5.97 Å². The molecule has 49 heavy (non-hydrogen) atoms. The van der Waals surface area contributed by atoms with Gasteiger partial charge in [0, 0.05) is 12.1 Å². The van der Waals surface area contributed by atoms with Crippen LogP contribution in [0.1, 0.15) is 85.5 Å². The number of esters is 1. The van der Waals surface area contributed by atoms with E-state index in [-0.39, 0.29) is 23.6 Å². The first-order valence-electron chi connectivity index (χ1n) is 16.6. The Balaban J connectivity index is 0.000000192. The lowest BCUT2D eigenvalue weighted by Gasteiger charge is -2.26. The SMILES string of the molecule is CCOC(=O)c1c(C)nc(NC2CCc3cc(OC)ccc3C2)nc1C.Cc1nc(NC2CCc3cc(O)ccc3C2)nc(C)c1C(=O)O. The molecule has 258 valence electrons. The fraction of sp³-hybridized carbons (Fsp3) is 0.405. The fourth-order valence-electron chi connectivity index (χ4n) is 6.58. The number of benzene rings is 2. The van der Waals surface area contributed by atoms with Crippen molar-refractivity contribution in [2.75, 3.05) is 24.4 Å². The molecule has 0 fully saturated rings. The van der Waals surface area contributed by atoms with Crippen molar-refractivity contribution in [3.05, 3.63) is 92.6 Å². The Hall–Kier alpha value is -5.26. The number of carboxylic acids is 1. The second kappa shape index (κ2) is 15.3. The highest BCUT2D eigenvalue weighted by Gasteiger charge is 2.23. The number of ether oxygens (including phenoxy) is 2. The van der Waals surface area contributed by atoms with Gasteiger partial charge in [-0.15, -0.1) is 0 Å². The highest BCUT2D eigenvalue weighted by Crippen LogP contribution is 2.28. The number of hydrogen-bond donors (Lipinski definition) is 4. The topological polar surface area (TPSA) is 169 Å². The Morgan fingerprint density at radius 3 is 1.73 bits per heavy atom. The number of nitrogens with one attached hydrogen (secondary N) is 2.